The molecule has 3 fully saturated rings. The van der Waals surface area contributed by atoms with Gasteiger partial charge in [-0.25, -0.2) is 14.8 Å². The predicted molar refractivity (Wildman–Crippen MR) is 289 cm³/mol. The molecule has 0 bridgehead atoms. The Morgan fingerprint density at radius 3 is 2.51 bits per heavy atom. The first-order chi connectivity index (χ1) is 35.9. The number of pyridine rings is 1. The van der Waals surface area contributed by atoms with Gasteiger partial charge in [-0.3, -0.25) is 34.6 Å². The number of carbonyl (C=O) groups excluding carboxylic acids is 3. The normalized spacial score (nSPS) is 20.4. The van der Waals surface area contributed by atoms with E-state index in [1.807, 2.05) is 85.4 Å². The summed E-state index contributed by atoms with van der Waals surface area (Å²) in [6, 6.07) is 30.1. The van der Waals surface area contributed by atoms with Gasteiger partial charge in [0.2, 0.25) is 11.8 Å². The van der Waals surface area contributed by atoms with E-state index >= 15 is 0 Å². The van der Waals surface area contributed by atoms with E-state index in [1.54, 1.807) is 0 Å². The van der Waals surface area contributed by atoms with Gasteiger partial charge in [-0.15, -0.1) is 0 Å². The summed E-state index contributed by atoms with van der Waals surface area (Å²) in [6.45, 7) is 9.40. The molecule has 1 saturated carbocycles. The number of piperazine rings is 1. The molecule has 2 saturated heterocycles. The second-order valence-electron chi connectivity index (χ2n) is 20.7. The highest BCUT2D eigenvalue weighted by atomic mass is 32.1. The van der Waals surface area contributed by atoms with Crippen LogP contribution in [0.1, 0.15) is 114 Å². The Kier molecular flexibility index (Phi) is 13.9. The van der Waals surface area contributed by atoms with Gasteiger partial charge >= 0.3 is 5.97 Å². The number of piperidine rings is 1. The van der Waals surface area contributed by atoms with Crippen LogP contribution in [0, 0.1) is 12.8 Å². The van der Waals surface area contributed by atoms with Crippen LogP contribution in [0.15, 0.2) is 91.0 Å². The lowest BCUT2D eigenvalue weighted by molar-refractivity contribution is -0.134. The molecule has 3 N–H and O–H groups in total. The smallest absolute Gasteiger partial charge is 0.355 e. The number of hydrogen-bond donors (Lipinski definition) is 3. The molecular formula is C58H63N9O6S. The monoisotopic (exact) mass is 1010 g/mol. The molecule has 7 aromatic rings. The Morgan fingerprint density at radius 2 is 1.70 bits per heavy atom. The summed E-state index contributed by atoms with van der Waals surface area (Å²) in [5, 5.41) is 22.3. The van der Waals surface area contributed by atoms with Gasteiger partial charge in [0.15, 0.2) is 10.8 Å². The second-order valence-corrected chi connectivity index (χ2v) is 21.7. The van der Waals surface area contributed by atoms with Gasteiger partial charge in [0.25, 0.3) is 5.91 Å². The number of carboxylic acid groups (broad SMARTS) is 1. The number of carboxylic acids is 1. The highest BCUT2D eigenvalue weighted by Gasteiger charge is 2.33. The highest BCUT2D eigenvalue weighted by Crippen LogP contribution is 2.38. The molecule has 0 radical (unpaired) electrons. The number of ether oxygens (including phenoxy) is 1. The number of hydrogen-bond acceptors (Lipinski definition) is 12. The van der Waals surface area contributed by atoms with Gasteiger partial charge in [0.05, 0.1) is 33.4 Å². The van der Waals surface area contributed by atoms with E-state index in [0.717, 1.165) is 107 Å². The number of imide groups is 1. The standard InChI is InChI=1S/C58H63N9O6S/c1-35-33-66(39-19-22-44-48(32-39)64(3)63-53(44)45-24-26-52(68)61-56(45)70)31-30-65(35)28-7-6-10-37-17-20-40(21-18-37)73-49-15-9-12-41(36(49)2)42-23-25-51(60-54(42)57(71)72)67-29-27-38-11-8-13-43(46(38)34-67)55(69)62-58-59-47-14-4-5-16-50(47)74-58/h4-5,8-9,11-16,19,22-23,25,32,35,37,40,45H,6-7,10,17-18,20-21,24,26-31,33-34H2,1-3H3,(H,71,72)(H,59,62,69)(H,61,68,70)/t35-,37?,40?,45?/m1/s1. The third-order valence-electron chi connectivity index (χ3n) is 16.0. The van der Waals surface area contributed by atoms with E-state index in [1.165, 1.54) is 36.3 Å². The van der Waals surface area contributed by atoms with Crippen molar-refractivity contribution in [2.75, 3.05) is 47.8 Å². The number of para-hydroxylation sites is 1. The van der Waals surface area contributed by atoms with Crippen LogP contribution in [0.4, 0.5) is 16.6 Å². The molecule has 11 rings (SSSR count). The molecule has 382 valence electrons. The number of nitrogens with zero attached hydrogens (tertiary/aromatic N) is 7. The van der Waals surface area contributed by atoms with Crippen LogP contribution < -0.4 is 25.2 Å². The van der Waals surface area contributed by atoms with Crippen molar-refractivity contribution in [3.05, 3.63) is 125 Å². The first-order valence-corrected chi connectivity index (χ1v) is 27.1. The number of aromatic carboxylic acids is 1. The quantitative estimate of drug-likeness (QED) is 0.0696. The molecule has 15 nitrogen and oxygen atoms in total. The number of anilines is 3. The predicted octanol–water partition coefficient (Wildman–Crippen LogP) is 9.91. The number of unbranched alkanes of at least 4 members (excludes halogenated alkanes) is 1. The van der Waals surface area contributed by atoms with Gasteiger partial charge in [0, 0.05) is 74.4 Å². The number of benzene rings is 4. The van der Waals surface area contributed by atoms with E-state index in [9.17, 15) is 24.3 Å². The van der Waals surface area contributed by atoms with E-state index in [4.69, 9.17) is 14.8 Å². The van der Waals surface area contributed by atoms with Gasteiger partial charge in [-0.1, -0.05) is 60.6 Å². The zero-order chi connectivity index (χ0) is 51.0. The fraction of sp³-hybridized carbons (Fsp3) is 0.397. The number of nitrogens with one attached hydrogen (secondary N) is 2. The van der Waals surface area contributed by atoms with Crippen LogP contribution in [0.5, 0.6) is 5.75 Å². The lowest BCUT2D eigenvalue weighted by atomic mass is 9.84. The molecule has 2 atom stereocenters. The zero-order valence-corrected chi connectivity index (χ0v) is 43.1. The van der Waals surface area contributed by atoms with Crippen molar-refractivity contribution < 1.29 is 29.0 Å². The first-order valence-electron chi connectivity index (χ1n) is 26.3. The van der Waals surface area contributed by atoms with E-state index in [0.29, 0.717) is 66.4 Å². The average Bonchev–Trinajstić information content (AvgIpc) is 3.97. The maximum absolute atomic E-state index is 13.7. The average molecular weight is 1010 g/mol. The lowest BCUT2D eigenvalue weighted by Gasteiger charge is -2.41. The summed E-state index contributed by atoms with van der Waals surface area (Å²) >= 11 is 1.44. The molecule has 6 heterocycles. The summed E-state index contributed by atoms with van der Waals surface area (Å²) in [5.41, 5.74) is 8.52. The van der Waals surface area contributed by atoms with E-state index in [2.05, 4.69) is 61.5 Å². The molecular weight excluding hydrogens is 951 g/mol. The Bertz CT molecular complexity index is 3250. The number of carbonyl (C=O) groups is 4. The minimum absolute atomic E-state index is 0.0174. The van der Waals surface area contributed by atoms with Crippen LogP contribution in [0.3, 0.4) is 0 Å². The summed E-state index contributed by atoms with van der Waals surface area (Å²) in [4.78, 5) is 67.5. The molecule has 3 aromatic heterocycles. The van der Waals surface area contributed by atoms with Crippen LogP contribution in [0.2, 0.25) is 0 Å². The Hall–Kier alpha value is -7.17. The van der Waals surface area contributed by atoms with E-state index in [-0.39, 0.29) is 29.5 Å². The molecule has 3 amide bonds. The minimum atomic E-state index is -1.10. The van der Waals surface area contributed by atoms with Crippen molar-refractivity contribution in [3.63, 3.8) is 0 Å². The molecule has 1 unspecified atom stereocenters. The second kappa shape index (κ2) is 21.0. The van der Waals surface area contributed by atoms with Crippen molar-refractivity contribution in [2.24, 2.45) is 13.0 Å². The van der Waals surface area contributed by atoms with Crippen LogP contribution in [-0.2, 0) is 29.6 Å². The maximum Gasteiger partial charge on any atom is 0.355 e. The molecule has 3 aliphatic heterocycles. The van der Waals surface area contributed by atoms with Crippen LogP contribution in [-0.4, -0.2) is 98.3 Å². The topological polar surface area (TPSA) is 175 Å². The number of amides is 3. The van der Waals surface area contributed by atoms with Crippen molar-refractivity contribution in [1.29, 1.82) is 0 Å². The van der Waals surface area contributed by atoms with Gasteiger partial charge in [-0.05, 0) is 148 Å². The molecule has 4 aromatic carbocycles. The minimum Gasteiger partial charge on any atom is -0.490 e. The summed E-state index contributed by atoms with van der Waals surface area (Å²) in [5.74, 6) is -0.188. The highest BCUT2D eigenvalue weighted by molar-refractivity contribution is 7.22. The number of rotatable bonds is 14. The van der Waals surface area contributed by atoms with E-state index < -0.39 is 11.9 Å². The molecule has 16 heteroatoms. The largest absolute Gasteiger partial charge is 0.490 e. The Labute approximate surface area is 434 Å². The third kappa shape index (κ3) is 10.1. The number of aromatic nitrogens is 4. The summed E-state index contributed by atoms with van der Waals surface area (Å²) < 4.78 is 9.56. The SMILES string of the molecule is Cc1c(OC2CCC(CCCCN3CCN(c4ccc5c(C6CCC(=O)NC6=O)nn(C)c5c4)C[C@H]3C)CC2)cccc1-c1ccc(N2CCc3cccc(C(=O)Nc4nc5ccccc5s4)c3C2)nc1C(=O)O. The Balaban J connectivity index is 0.655. The molecule has 0 spiro atoms. The number of aryl methyl sites for hydroxylation is 1. The van der Waals surface area contributed by atoms with Crippen LogP contribution >= 0.6 is 11.3 Å². The summed E-state index contributed by atoms with van der Waals surface area (Å²) in [6.07, 6.45) is 9.52. The molecule has 1 aliphatic carbocycles. The first kappa shape index (κ1) is 49.1. The van der Waals surface area contributed by atoms with Crippen molar-refractivity contribution in [2.45, 2.75) is 103 Å². The Morgan fingerprint density at radius 1 is 0.865 bits per heavy atom. The maximum atomic E-state index is 13.7. The third-order valence-corrected chi connectivity index (χ3v) is 16.9. The fourth-order valence-corrected chi connectivity index (χ4v) is 12.7. The number of thiazole rings is 1. The summed E-state index contributed by atoms with van der Waals surface area (Å²) in [7, 11) is 1.92. The zero-order valence-electron chi connectivity index (χ0n) is 42.3. The van der Waals surface area contributed by atoms with Crippen molar-refractivity contribution >= 4 is 72.8 Å². The van der Waals surface area contributed by atoms with Crippen LogP contribution in [0.25, 0.3) is 32.2 Å². The van der Waals surface area contributed by atoms with Crippen molar-refractivity contribution in [1.82, 2.24) is 30.0 Å². The van der Waals surface area contributed by atoms with Gasteiger partial charge < -0.3 is 19.6 Å². The molecule has 4 aliphatic rings. The fourth-order valence-electron chi connectivity index (χ4n) is 11.8. The molecule has 74 heavy (non-hydrogen) atoms. The number of fused-ring (bicyclic) bond motifs is 3. The van der Waals surface area contributed by atoms with Gasteiger partial charge in [0.1, 0.15) is 11.6 Å². The lowest BCUT2D eigenvalue weighted by Crippen LogP contribution is -2.52. The van der Waals surface area contributed by atoms with Gasteiger partial charge in [-0.2, -0.15) is 5.10 Å². The van der Waals surface area contributed by atoms with Crippen molar-refractivity contribution in [3.8, 4) is 16.9 Å².